The Bertz CT molecular complexity index is 592. The molecule has 0 saturated heterocycles. The zero-order valence-electron chi connectivity index (χ0n) is 19.2. The molecule has 2 rings (SSSR count). The van der Waals surface area contributed by atoms with E-state index in [0.717, 1.165) is 43.1 Å². The third-order valence-corrected chi connectivity index (χ3v) is 5.40. The van der Waals surface area contributed by atoms with Crippen LogP contribution in [0.4, 0.5) is 0 Å². The molecule has 166 valence electrons. The van der Waals surface area contributed by atoms with Gasteiger partial charge in [0.2, 0.25) is 0 Å². The highest BCUT2D eigenvalue weighted by Gasteiger charge is 2.02. The molecule has 3 nitrogen and oxygen atoms in total. The summed E-state index contributed by atoms with van der Waals surface area (Å²) in [5.74, 6) is 0.822. The number of aromatic nitrogens is 1. The molecule has 0 N–H and O–H groups in total. The van der Waals surface area contributed by atoms with E-state index >= 15 is 0 Å². The Morgan fingerprint density at radius 3 is 2.07 bits per heavy atom. The molecule has 0 fully saturated rings. The Balaban J connectivity index is 1.65. The molecule has 0 radical (unpaired) electrons. The van der Waals surface area contributed by atoms with E-state index in [0.29, 0.717) is 6.61 Å². The normalized spacial score (nSPS) is 11.0. The zero-order chi connectivity index (χ0) is 21.3. The first-order valence-electron chi connectivity index (χ1n) is 12.1. The van der Waals surface area contributed by atoms with Crippen molar-refractivity contribution in [3.63, 3.8) is 0 Å². The summed E-state index contributed by atoms with van der Waals surface area (Å²) in [4.78, 5) is 4.57. The lowest BCUT2D eigenvalue weighted by molar-refractivity contribution is 0.117. The number of aryl methyl sites for hydroxylation is 1. The summed E-state index contributed by atoms with van der Waals surface area (Å²) in [6, 6.07) is 12.9. The fraction of sp³-hybridized carbons (Fsp3) is 0.593. The summed E-state index contributed by atoms with van der Waals surface area (Å²) in [6.07, 6.45) is 15.7. The van der Waals surface area contributed by atoms with Crippen molar-refractivity contribution in [1.29, 1.82) is 0 Å². The van der Waals surface area contributed by atoms with Gasteiger partial charge in [-0.1, -0.05) is 83.1 Å². The lowest BCUT2D eigenvalue weighted by Gasteiger charge is -2.08. The zero-order valence-corrected chi connectivity index (χ0v) is 19.2. The molecule has 0 aliphatic carbocycles. The third kappa shape index (κ3) is 10.2. The van der Waals surface area contributed by atoms with Crippen molar-refractivity contribution in [2.45, 2.75) is 84.5 Å². The predicted octanol–water partition coefficient (Wildman–Crippen LogP) is 7.63. The van der Waals surface area contributed by atoms with Gasteiger partial charge in [-0.25, -0.2) is 0 Å². The second-order valence-electron chi connectivity index (χ2n) is 8.12. The Labute approximate surface area is 184 Å². The van der Waals surface area contributed by atoms with E-state index in [1.54, 1.807) is 0 Å². The van der Waals surface area contributed by atoms with Gasteiger partial charge in [0, 0.05) is 25.2 Å². The van der Waals surface area contributed by atoms with Gasteiger partial charge < -0.3 is 9.47 Å². The van der Waals surface area contributed by atoms with Gasteiger partial charge in [-0.05, 0) is 37.0 Å². The van der Waals surface area contributed by atoms with E-state index in [1.165, 1.54) is 63.4 Å². The van der Waals surface area contributed by atoms with Crippen molar-refractivity contribution in [1.82, 2.24) is 4.98 Å². The summed E-state index contributed by atoms with van der Waals surface area (Å²) in [5.41, 5.74) is 3.58. The van der Waals surface area contributed by atoms with Crippen LogP contribution in [0.3, 0.4) is 0 Å². The molecule has 1 aromatic heterocycles. The molecular weight excluding hydrogens is 370 g/mol. The van der Waals surface area contributed by atoms with Crippen LogP contribution in [0.15, 0.2) is 42.6 Å². The molecule has 0 atom stereocenters. The second-order valence-corrected chi connectivity index (χ2v) is 8.12. The molecule has 1 aromatic carbocycles. The minimum absolute atomic E-state index is 0.667. The highest BCUT2D eigenvalue weighted by atomic mass is 16.5. The highest BCUT2D eigenvalue weighted by Crippen LogP contribution is 2.21. The van der Waals surface area contributed by atoms with E-state index in [2.05, 4.69) is 43.1 Å². The van der Waals surface area contributed by atoms with Crippen molar-refractivity contribution in [3.05, 3.63) is 48.2 Å². The van der Waals surface area contributed by atoms with Crippen molar-refractivity contribution < 1.29 is 9.47 Å². The van der Waals surface area contributed by atoms with Crippen LogP contribution in [0.1, 0.15) is 83.6 Å². The molecule has 0 saturated carbocycles. The molecule has 0 aliphatic rings. The van der Waals surface area contributed by atoms with E-state index in [4.69, 9.17) is 9.47 Å². The first-order valence-corrected chi connectivity index (χ1v) is 12.1. The number of hydrogen-bond donors (Lipinski definition) is 0. The van der Waals surface area contributed by atoms with Crippen LogP contribution in [-0.4, -0.2) is 24.8 Å². The number of ether oxygens (including phenoxy) is 2. The average molecular weight is 412 g/mol. The topological polar surface area (TPSA) is 31.4 Å². The van der Waals surface area contributed by atoms with Gasteiger partial charge in [0.15, 0.2) is 0 Å². The summed E-state index contributed by atoms with van der Waals surface area (Å²) >= 11 is 0. The van der Waals surface area contributed by atoms with E-state index in [9.17, 15) is 0 Å². The third-order valence-electron chi connectivity index (χ3n) is 5.40. The molecule has 0 unspecified atom stereocenters. The molecule has 2 aromatic rings. The first kappa shape index (κ1) is 24.4. The number of pyridine rings is 1. The summed E-state index contributed by atoms with van der Waals surface area (Å²) in [5, 5.41) is 0. The van der Waals surface area contributed by atoms with Crippen LogP contribution in [0, 0.1) is 0 Å². The Morgan fingerprint density at radius 2 is 1.37 bits per heavy atom. The lowest BCUT2D eigenvalue weighted by atomic mass is 10.0. The maximum absolute atomic E-state index is 5.77. The number of hydrogen-bond acceptors (Lipinski definition) is 3. The maximum atomic E-state index is 5.77. The quantitative estimate of drug-likeness (QED) is 0.251. The van der Waals surface area contributed by atoms with E-state index in [-0.39, 0.29) is 0 Å². The molecule has 0 spiro atoms. The van der Waals surface area contributed by atoms with Gasteiger partial charge in [0.05, 0.1) is 18.5 Å². The van der Waals surface area contributed by atoms with E-state index in [1.807, 2.05) is 18.3 Å². The van der Waals surface area contributed by atoms with Gasteiger partial charge in [-0.15, -0.1) is 0 Å². The molecular formula is C27H41NO2. The summed E-state index contributed by atoms with van der Waals surface area (Å²) in [7, 11) is 0. The Kier molecular flexibility index (Phi) is 12.9. The number of unbranched alkanes of at least 4 members (excludes halogenated alkanes) is 7. The highest BCUT2D eigenvalue weighted by molar-refractivity contribution is 5.59. The molecule has 0 bridgehead atoms. The van der Waals surface area contributed by atoms with Gasteiger partial charge in [0.25, 0.3) is 0 Å². The van der Waals surface area contributed by atoms with Crippen LogP contribution in [0.2, 0.25) is 0 Å². The minimum atomic E-state index is 0.667. The molecule has 30 heavy (non-hydrogen) atoms. The Morgan fingerprint density at radius 1 is 0.667 bits per heavy atom. The van der Waals surface area contributed by atoms with Crippen LogP contribution >= 0.6 is 0 Å². The fourth-order valence-electron chi connectivity index (χ4n) is 3.46. The predicted molar refractivity (Wildman–Crippen MR) is 127 cm³/mol. The van der Waals surface area contributed by atoms with Crippen LogP contribution in [-0.2, 0) is 11.2 Å². The number of nitrogens with zero attached hydrogens (tertiary/aromatic N) is 1. The monoisotopic (exact) mass is 411 g/mol. The first-order chi connectivity index (χ1) is 14.8. The van der Waals surface area contributed by atoms with Crippen LogP contribution in [0.25, 0.3) is 11.3 Å². The lowest BCUT2D eigenvalue weighted by Crippen LogP contribution is -2.04. The van der Waals surface area contributed by atoms with Crippen molar-refractivity contribution in [3.8, 4) is 17.0 Å². The smallest absolute Gasteiger partial charge is 0.137 e. The standard InChI is InChI=1S/C27H41NO2/c1-3-5-7-8-9-10-11-13-24-14-16-25(17-15-24)27-19-18-26(23-28-27)30-22-12-21-29-20-6-4-2/h14-19,23H,3-13,20-22H2,1-2H3. The Hall–Kier alpha value is -1.87. The van der Waals surface area contributed by atoms with Crippen molar-refractivity contribution in [2.75, 3.05) is 19.8 Å². The summed E-state index contributed by atoms with van der Waals surface area (Å²) in [6.45, 7) is 6.73. The molecule has 3 heteroatoms. The largest absolute Gasteiger partial charge is 0.492 e. The molecule has 1 heterocycles. The minimum Gasteiger partial charge on any atom is -0.492 e. The molecule has 0 aliphatic heterocycles. The number of benzene rings is 1. The van der Waals surface area contributed by atoms with Crippen LogP contribution < -0.4 is 4.74 Å². The number of rotatable bonds is 17. The van der Waals surface area contributed by atoms with Crippen molar-refractivity contribution in [2.24, 2.45) is 0 Å². The molecule has 0 amide bonds. The summed E-state index contributed by atoms with van der Waals surface area (Å²) < 4.78 is 11.3. The van der Waals surface area contributed by atoms with Crippen molar-refractivity contribution >= 4 is 0 Å². The van der Waals surface area contributed by atoms with Gasteiger partial charge >= 0.3 is 0 Å². The SMILES string of the molecule is CCCCCCCCCc1ccc(-c2ccc(OCCCOCCCC)cn2)cc1. The van der Waals surface area contributed by atoms with Crippen LogP contribution in [0.5, 0.6) is 5.75 Å². The second kappa shape index (κ2) is 15.9. The maximum Gasteiger partial charge on any atom is 0.137 e. The van der Waals surface area contributed by atoms with Gasteiger partial charge in [-0.3, -0.25) is 4.98 Å². The van der Waals surface area contributed by atoms with E-state index < -0.39 is 0 Å². The van der Waals surface area contributed by atoms with Gasteiger partial charge in [0.1, 0.15) is 5.75 Å². The average Bonchev–Trinajstić information content (AvgIpc) is 2.79. The van der Waals surface area contributed by atoms with Gasteiger partial charge in [-0.2, -0.15) is 0 Å². The fourth-order valence-corrected chi connectivity index (χ4v) is 3.46.